The maximum Gasteiger partial charge on any atom is 0.262 e. The molecule has 4 aromatic rings. The largest absolute Gasteiger partial charge is 0.484 e. The van der Waals surface area contributed by atoms with Crippen LogP contribution < -0.4 is 15.5 Å². The van der Waals surface area contributed by atoms with E-state index in [2.05, 4.69) is 15.8 Å². The molecule has 5 rings (SSSR count). The van der Waals surface area contributed by atoms with Crippen molar-refractivity contribution in [1.82, 2.24) is 14.0 Å². The highest BCUT2D eigenvalue weighted by Crippen LogP contribution is 2.25. The fourth-order valence-electron chi connectivity index (χ4n) is 4.81. The Bertz CT molecular complexity index is 1940. The van der Waals surface area contributed by atoms with Crippen molar-refractivity contribution in [3.05, 3.63) is 120 Å². The molecule has 244 valence electrons. The lowest BCUT2D eigenvalue weighted by atomic mass is 10.2. The average Bonchev–Trinajstić information content (AvgIpc) is 3.09. The van der Waals surface area contributed by atoms with Gasteiger partial charge in [0.15, 0.2) is 6.61 Å². The lowest BCUT2D eigenvalue weighted by Crippen LogP contribution is -2.60. The van der Waals surface area contributed by atoms with Gasteiger partial charge in [0, 0.05) is 25.3 Å². The van der Waals surface area contributed by atoms with E-state index in [1.165, 1.54) is 30.5 Å². The fourth-order valence-corrected chi connectivity index (χ4v) is 7.86. The molecule has 1 fully saturated rings. The Morgan fingerprint density at radius 2 is 1.40 bits per heavy atom. The van der Waals surface area contributed by atoms with E-state index in [9.17, 15) is 26.4 Å². The van der Waals surface area contributed by atoms with Crippen molar-refractivity contribution < 1.29 is 31.2 Å². The molecule has 1 atom stereocenters. The van der Waals surface area contributed by atoms with Gasteiger partial charge in [-0.05, 0) is 73.2 Å². The Kier molecular flexibility index (Phi) is 10.5. The van der Waals surface area contributed by atoms with Crippen molar-refractivity contribution in [2.24, 2.45) is 5.10 Å². The van der Waals surface area contributed by atoms with Gasteiger partial charge >= 0.3 is 0 Å². The lowest BCUT2D eigenvalue weighted by molar-refractivity contribution is -0.125. The number of hydrogen-bond acceptors (Lipinski definition) is 8. The van der Waals surface area contributed by atoms with E-state index in [4.69, 9.17) is 4.74 Å². The molecule has 1 heterocycles. The first-order chi connectivity index (χ1) is 22.5. The molecule has 2 N–H and O–H groups in total. The van der Waals surface area contributed by atoms with E-state index in [0.717, 1.165) is 14.2 Å². The first kappa shape index (κ1) is 33.5. The van der Waals surface area contributed by atoms with Crippen LogP contribution in [-0.4, -0.2) is 75.8 Å². The van der Waals surface area contributed by atoms with Gasteiger partial charge in [-0.2, -0.15) is 13.7 Å². The second-order valence-electron chi connectivity index (χ2n) is 10.6. The molecule has 0 radical (unpaired) electrons. The van der Waals surface area contributed by atoms with Crippen LogP contribution in [0.25, 0.3) is 0 Å². The molecular formula is C33H33N5O7S2. The van der Waals surface area contributed by atoms with Crippen LogP contribution in [0.4, 0.5) is 5.69 Å². The molecule has 0 spiro atoms. The van der Waals surface area contributed by atoms with Crippen LogP contribution in [0.15, 0.2) is 124 Å². The number of aryl methyl sites for hydroxylation is 1. The number of hydrogen-bond donors (Lipinski definition) is 2. The van der Waals surface area contributed by atoms with Crippen molar-refractivity contribution >= 4 is 43.8 Å². The molecule has 2 amide bonds. The van der Waals surface area contributed by atoms with Gasteiger partial charge in [-0.15, -0.1) is 0 Å². The number of amides is 2. The van der Waals surface area contributed by atoms with Gasteiger partial charge in [-0.1, -0.05) is 54.1 Å². The third-order valence-corrected chi connectivity index (χ3v) is 11.1. The number of hydrazone groups is 1. The number of benzene rings is 4. The summed E-state index contributed by atoms with van der Waals surface area (Å²) in [6.45, 7) is 0.969. The Balaban J connectivity index is 1.24. The Morgan fingerprint density at radius 3 is 2.02 bits per heavy atom. The number of piperazine rings is 1. The summed E-state index contributed by atoms with van der Waals surface area (Å²) in [5.74, 6) is -0.675. The Morgan fingerprint density at radius 1 is 0.809 bits per heavy atom. The number of nitrogens with zero attached hydrogens (tertiary/aromatic N) is 3. The van der Waals surface area contributed by atoms with Crippen LogP contribution in [0.5, 0.6) is 5.75 Å². The molecule has 0 aliphatic carbocycles. The molecule has 14 heteroatoms. The van der Waals surface area contributed by atoms with E-state index in [-0.39, 0.29) is 35.4 Å². The van der Waals surface area contributed by atoms with Crippen LogP contribution in [0.2, 0.25) is 0 Å². The maximum absolute atomic E-state index is 13.6. The molecule has 47 heavy (non-hydrogen) atoms. The monoisotopic (exact) mass is 675 g/mol. The van der Waals surface area contributed by atoms with E-state index >= 15 is 0 Å². The van der Waals surface area contributed by atoms with Crippen LogP contribution in [0.1, 0.15) is 11.1 Å². The quantitative estimate of drug-likeness (QED) is 0.183. The fraction of sp³-hybridized carbons (Fsp3) is 0.182. The van der Waals surface area contributed by atoms with E-state index < -0.39 is 38.5 Å². The summed E-state index contributed by atoms with van der Waals surface area (Å²) < 4.78 is 61.5. The van der Waals surface area contributed by atoms with Crippen molar-refractivity contribution in [1.29, 1.82) is 0 Å². The van der Waals surface area contributed by atoms with Crippen molar-refractivity contribution in [3.63, 3.8) is 0 Å². The lowest BCUT2D eigenvalue weighted by Gasteiger charge is -2.38. The van der Waals surface area contributed by atoms with Crippen LogP contribution in [-0.2, 0) is 29.6 Å². The van der Waals surface area contributed by atoms with Gasteiger partial charge in [0.2, 0.25) is 20.0 Å². The van der Waals surface area contributed by atoms with Gasteiger partial charge in [0.1, 0.15) is 11.8 Å². The van der Waals surface area contributed by atoms with Gasteiger partial charge in [0.25, 0.3) is 11.8 Å². The minimum atomic E-state index is -4.15. The summed E-state index contributed by atoms with van der Waals surface area (Å²) in [4.78, 5) is 25.7. The second-order valence-corrected chi connectivity index (χ2v) is 14.5. The Hall–Kier alpha value is -4.89. The van der Waals surface area contributed by atoms with Gasteiger partial charge in [0.05, 0.1) is 16.0 Å². The van der Waals surface area contributed by atoms with Gasteiger partial charge in [-0.25, -0.2) is 22.3 Å². The number of sulfonamides is 2. The first-order valence-corrected chi connectivity index (χ1v) is 17.5. The van der Waals surface area contributed by atoms with E-state index in [1.807, 2.05) is 19.1 Å². The molecule has 0 bridgehead atoms. The number of carbonyl (C=O) groups excluding carboxylic acids is 2. The first-order valence-electron chi connectivity index (χ1n) is 14.6. The molecule has 0 unspecified atom stereocenters. The molecule has 1 aliphatic rings. The Labute approximate surface area is 273 Å². The molecule has 0 saturated carbocycles. The summed E-state index contributed by atoms with van der Waals surface area (Å²) in [7, 11) is -8.15. The maximum atomic E-state index is 13.6. The highest BCUT2D eigenvalue weighted by Gasteiger charge is 2.43. The van der Waals surface area contributed by atoms with Crippen LogP contribution in [0.3, 0.4) is 0 Å². The number of ether oxygens (including phenoxy) is 1. The molecule has 1 aliphatic heterocycles. The minimum absolute atomic E-state index is 0.0180. The molecular weight excluding hydrogens is 643 g/mol. The number of rotatable bonds is 11. The smallest absolute Gasteiger partial charge is 0.262 e. The van der Waals surface area contributed by atoms with Crippen LogP contribution in [0, 0.1) is 6.92 Å². The number of nitrogens with one attached hydrogen (secondary N) is 2. The summed E-state index contributed by atoms with van der Waals surface area (Å²) in [5.41, 5.74) is 4.69. The average molecular weight is 676 g/mol. The minimum Gasteiger partial charge on any atom is -0.484 e. The van der Waals surface area contributed by atoms with Crippen molar-refractivity contribution in [2.45, 2.75) is 22.8 Å². The topological polar surface area (TPSA) is 155 Å². The van der Waals surface area contributed by atoms with Gasteiger partial charge in [-0.3, -0.25) is 9.59 Å². The molecule has 0 aromatic heterocycles. The van der Waals surface area contributed by atoms with Gasteiger partial charge < -0.3 is 10.1 Å². The standard InChI is InChI=1S/C33H33N5O7S2/c1-25-12-16-27(17-13-25)35-32(39)24-45-28-18-14-26(15-19-28)22-34-36-33(40)31-23-37(46(41,42)29-8-4-2-5-9-29)20-21-38(31)47(43,44)30-10-6-3-7-11-30/h2-19,22,31H,20-21,23-24H2,1H3,(H,35,39)(H,36,40)/b34-22-/t31-/m1/s1. The summed E-state index contributed by atoms with van der Waals surface area (Å²) in [6.07, 6.45) is 1.35. The van der Waals surface area contributed by atoms with Crippen molar-refractivity contribution in [2.75, 3.05) is 31.6 Å². The zero-order chi connectivity index (χ0) is 33.4. The van der Waals surface area contributed by atoms with E-state index in [1.54, 1.807) is 72.8 Å². The molecule has 1 saturated heterocycles. The summed E-state index contributed by atoms with van der Waals surface area (Å²) in [6, 6.07) is 27.9. The van der Waals surface area contributed by atoms with Crippen molar-refractivity contribution in [3.8, 4) is 5.75 Å². The SMILES string of the molecule is Cc1ccc(NC(=O)COc2ccc(/C=N\NC(=O)[C@H]3CN(S(=O)(=O)c4ccccc4)CCN3S(=O)(=O)c3ccccc3)cc2)cc1. The molecule has 12 nitrogen and oxygen atoms in total. The normalized spacial score (nSPS) is 16.1. The van der Waals surface area contributed by atoms with Crippen LogP contribution >= 0.6 is 0 Å². The zero-order valence-corrected chi connectivity index (χ0v) is 27.0. The molecule has 4 aromatic carbocycles. The summed E-state index contributed by atoms with van der Waals surface area (Å²) >= 11 is 0. The predicted octanol–water partition coefficient (Wildman–Crippen LogP) is 3.23. The predicted molar refractivity (Wildman–Crippen MR) is 177 cm³/mol. The third-order valence-electron chi connectivity index (χ3n) is 7.30. The van der Waals surface area contributed by atoms with E-state index in [0.29, 0.717) is 17.0 Å². The number of anilines is 1. The summed E-state index contributed by atoms with van der Waals surface area (Å²) in [5, 5.41) is 6.74. The number of carbonyl (C=O) groups is 2. The zero-order valence-electron chi connectivity index (χ0n) is 25.4. The highest BCUT2D eigenvalue weighted by atomic mass is 32.2. The highest BCUT2D eigenvalue weighted by molar-refractivity contribution is 7.89. The second kappa shape index (κ2) is 14.7. The third kappa shape index (κ3) is 8.29.